The standard InChI is InChI=1S/C15H25N5/c1-9(2)13-14(18-8-19-15(13)20-16)17-7-12-6-10-3-4-11(12)5-10/h8-12H,3-7,16H2,1-2H3,(H2,17,18,19,20). The Balaban J connectivity index is 1.71. The molecule has 1 heterocycles. The highest BCUT2D eigenvalue weighted by Gasteiger charge is 2.39. The van der Waals surface area contributed by atoms with Gasteiger partial charge in [0.2, 0.25) is 0 Å². The highest BCUT2D eigenvalue weighted by Crippen LogP contribution is 2.48. The minimum Gasteiger partial charge on any atom is -0.369 e. The Labute approximate surface area is 120 Å². The van der Waals surface area contributed by atoms with E-state index in [0.29, 0.717) is 5.92 Å². The van der Waals surface area contributed by atoms with Gasteiger partial charge in [-0.05, 0) is 42.9 Å². The molecule has 0 spiro atoms. The summed E-state index contributed by atoms with van der Waals surface area (Å²) in [5.41, 5.74) is 3.76. The van der Waals surface area contributed by atoms with E-state index >= 15 is 0 Å². The molecule has 20 heavy (non-hydrogen) atoms. The molecule has 4 N–H and O–H groups in total. The van der Waals surface area contributed by atoms with Crippen LogP contribution in [0.15, 0.2) is 6.33 Å². The summed E-state index contributed by atoms with van der Waals surface area (Å²) in [6.45, 7) is 5.31. The molecule has 3 atom stereocenters. The fourth-order valence-electron chi connectivity index (χ4n) is 4.05. The first-order valence-corrected chi connectivity index (χ1v) is 7.74. The Bertz CT molecular complexity index is 473. The van der Waals surface area contributed by atoms with E-state index < -0.39 is 0 Å². The molecule has 1 aromatic rings. The molecule has 0 aromatic carbocycles. The molecule has 0 radical (unpaired) electrons. The van der Waals surface area contributed by atoms with Gasteiger partial charge in [-0.2, -0.15) is 0 Å². The van der Waals surface area contributed by atoms with Crippen LogP contribution in [0, 0.1) is 17.8 Å². The van der Waals surface area contributed by atoms with Crippen molar-refractivity contribution in [3.63, 3.8) is 0 Å². The first kappa shape index (κ1) is 13.6. The molecule has 2 saturated carbocycles. The maximum Gasteiger partial charge on any atom is 0.148 e. The highest BCUT2D eigenvalue weighted by molar-refractivity contribution is 5.58. The number of rotatable bonds is 5. The lowest BCUT2D eigenvalue weighted by Crippen LogP contribution is -2.22. The summed E-state index contributed by atoms with van der Waals surface area (Å²) in [6, 6.07) is 0. The first-order chi connectivity index (χ1) is 9.69. The smallest absolute Gasteiger partial charge is 0.148 e. The summed E-state index contributed by atoms with van der Waals surface area (Å²) >= 11 is 0. The topological polar surface area (TPSA) is 75.9 Å². The van der Waals surface area contributed by atoms with Gasteiger partial charge in [-0.25, -0.2) is 15.8 Å². The largest absolute Gasteiger partial charge is 0.369 e. The molecular weight excluding hydrogens is 250 g/mol. The molecule has 110 valence electrons. The monoisotopic (exact) mass is 275 g/mol. The zero-order chi connectivity index (χ0) is 14.1. The van der Waals surface area contributed by atoms with Gasteiger partial charge in [-0.15, -0.1) is 0 Å². The van der Waals surface area contributed by atoms with Crippen molar-refractivity contribution >= 4 is 11.6 Å². The van der Waals surface area contributed by atoms with Crippen molar-refractivity contribution in [3.05, 3.63) is 11.9 Å². The maximum atomic E-state index is 5.56. The molecule has 1 aromatic heterocycles. The second-order valence-corrected chi connectivity index (χ2v) is 6.60. The average molecular weight is 275 g/mol. The van der Waals surface area contributed by atoms with Crippen molar-refractivity contribution in [3.8, 4) is 0 Å². The van der Waals surface area contributed by atoms with Gasteiger partial charge in [0.05, 0.1) is 0 Å². The molecule has 5 heteroatoms. The number of nitrogens with one attached hydrogen (secondary N) is 2. The average Bonchev–Trinajstić information content (AvgIpc) is 3.06. The molecule has 2 bridgehead atoms. The van der Waals surface area contributed by atoms with Gasteiger partial charge in [-0.1, -0.05) is 20.3 Å². The summed E-state index contributed by atoms with van der Waals surface area (Å²) < 4.78 is 0. The molecule has 5 nitrogen and oxygen atoms in total. The number of fused-ring (bicyclic) bond motifs is 2. The fourth-order valence-corrected chi connectivity index (χ4v) is 4.05. The molecular formula is C15H25N5. The molecule has 3 unspecified atom stereocenters. The number of aromatic nitrogens is 2. The number of nitrogens with two attached hydrogens (primary N) is 1. The number of anilines is 2. The van der Waals surface area contributed by atoms with Gasteiger partial charge in [0.15, 0.2) is 0 Å². The number of hydrogen-bond donors (Lipinski definition) is 3. The molecule has 0 saturated heterocycles. The van der Waals surface area contributed by atoms with Crippen LogP contribution in [0.25, 0.3) is 0 Å². The quantitative estimate of drug-likeness (QED) is 0.569. The van der Waals surface area contributed by atoms with Crippen molar-refractivity contribution in [2.75, 3.05) is 17.3 Å². The molecule has 0 amide bonds. The van der Waals surface area contributed by atoms with Crippen LogP contribution in [0.2, 0.25) is 0 Å². The van der Waals surface area contributed by atoms with Crippen LogP contribution in [0.4, 0.5) is 11.6 Å². The summed E-state index contributed by atoms with van der Waals surface area (Å²) in [6.07, 6.45) is 7.29. The lowest BCUT2D eigenvalue weighted by Gasteiger charge is -2.23. The van der Waals surface area contributed by atoms with Crippen molar-refractivity contribution in [1.29, 1.82) is 0 Å². The third-order valence-electron chi connectivity index (χ3n) is 5.01. The van der Waals surface area contributed by atoms with E-state index in [-0.39, 0.29) is 0 Å². The molecule has 2 fully saturated rings. The summed E-state index contributed by atoms with van der Waals surface area (Å²) in [7, 11) is 0. The van der Waals surface area contributed by atoms with E-state index in [4.69, 9.17) is 5.84 Å². The second kappa shape index (κ2) is 5.56. The molecule has 3 rings (SSSR count). The predicted octanol–water partition coefficient (Wildman–Crippen LogP) is 2.73. The lowest BCUT2D eigenvalue weighted by atomic mass is 9.89. The zero-order valence-corrected chi connectivity index (χ0v) is 12.4. The van der Waals surface area contributed by atoms with Gasteiger partial charge in [-0.3, -0.25) is 0 Å². The van der Waals surface area contributed by atoms with Gasteiger partial charge in [0.1, 0.15) is 18.0 Å². The molecule has 2 aliphatic carbocycles. The van der Waals surface area contributed by atoms with Gasteiger partial charge < -0.3 is 10.7 Å². The number of hydrazine groups is 1. The van der Waals surface area contributed by atoms with Crippen LogP contribution in [-0.4, -0.2) is 16.5 Å². The third-order valence-corrected chi connectivity index (χ3v) is 5.01. The Morgan fingerprint density at radius 3 is 2.65 bits per heavy atom. The van der Waals surface area contributed by atoms with E-state index in [0.717, 1.165) is 41.5 Å². The number of nitrogen functional groups attached to an aromatic ring is 1. The number of nitrogens with zero attached hydrogens (tertiary/aromatic N) is 2. The van der Waals surface area contributed by atoms with Crippen LogP contribution in [-0.2, 0) is 0 Å². The minimum atomic E-state index is 0.338. The van der Waals surface area contributed by atoms with Crippen molar-refractivity contribution in [2.45, 2.75) is 45.4 Å². The lowest BCUT2D eigenvalue weighted by molar-refractivity contribution is 0.348. The Morgan fingerprint density at radius 2 is 2.05 bits per heavy atom. The van der Waals surface area contributed by atoms with Crippen LogP contribution in [0.1, 0.15) is 51.0 Å². The Hall–Kier alpha value is -1.36. The zero-order valence-electron chi connectivity index (χ0n) is 12.4. The highest BCUT2D eigenvalue weighted by atomic mass is 15.3. The van der Waals surface area contributed by atoms with Gasteiger partial charge in [0.25, 0.3) is 0 Å². The summed E-state index contributed by atoms with van der Waals surface area (Å²) in [5, 5.41) is 3.55. The van der Waals surface area contributed by atoms with E-state index in [2.05, 4.69) is 34.6 Å². The first-order valence-electron chi connectivity index (χ1n) is 7.74. The van der Waals surface area contributed by atoms with E-state index in [1.54, 1.807) is 6.33 Å². The predicted molar refractivity (Wildman–Crippen MR) is 81.4 cm³/mol. The summed E-state index contributed by atoms with van der Waals surface area (Å²) in [5.74, 6) is 10.3. The van der Waals surface area contributed by atoms with Crippen LogP contribution in [0.3, 0.4) is 0 Å². The van der Waals surface area contributed by atoms with Gasteiger partial charge in [0, 0.05) is 12.1 Å². The summed E-state index contributed by atoms with van der Waals surface area (Å²) in [4.78, 5) is 8.62. The minimum absolute atomic E-state index is 0.338. The van der Waals surface area contributed by atoms with Crippen LogP contribution >= 0.6 is 0 Å². The number of hydrogen-bond acceptors (Lipinski definition) is 5. The second-order valence-electron chi connectivity index (χ2n) is 6.60. The third kappa shape index (κ3) is 2.46. The van der Waals surface area contributed by atoms with E-state index in [1.165, 1.54) is 25.7 Å². The Kier molecular flexibility index (Phi) is 3.78. The fraction of sp³-hybridized carbons (Fsp3) is 0.733. The van der Waals surface area contributed by atoms with Crippen LogP contribution < -0.4 is 16.6 Å². The van der Waals surface area contributed by atoms with Crippen molar-refractivity contribution < 1.29 is 0 Å². The van der Waals surface area contributed by atoms with Gasteiger partial charge >= 0.3 is 0 Å². The van der Waals surface area contributed by atoms with Crippen LogP contribution in [0.5, 0.6) is 0 Å². The van der Waals surface area contributed by atoms with E-state index in [1.807, 2.05) is 0 Å². The normalized spacial score (nSPS) is 28.1. The maximum absolute atomic E-state index is 5.56. The Morgan fingerprint density at radius 1 is 1.25 bits per heavy atom. The SMILES string of the molecule is CC(C)c1c(NN)ncnc1NCC1CC2CCC1C2. The van der Waals surface area contributed by atoms with E-state index in [9.17, 15) is 0 Å². The van der Waals surface area contributed by atoms with Crippen molar-refractivity contribution in [1.82, 2.24) is 9.97 Å². The molecule has 2 aliphatic rings. The molecule has 0 aliphatic heterocycles. The van der Waals surface area contributed by atoms with Crippen molar-refractivity contribution in [2.24, 2.45) is 23.6 Å².